The van der Waals surface area contributed by atoms with Gasteiger partial charge in [-0.2, -0.15) is 9.64 Å². The van der Waals surface area contributed by atoms with Gasteiger partial charge < -0.3 is 5.32 Å². The SMILES string of the molecule is Cc1cc(C(C)Nc2snc(C)c2C#N)c(C)s1. The molecule has 0 aliphatic heterocycles. The second-order valence-electron chi connectivity index (χ2n) is 4.32. The third-order valence-corrected chi connectivity index (χ3v) is 4.72. The summed E-state index contributed by atoms with van der Waals surface area (Å²) in [5.74, 6) is 0. The summed E-state index contributed by atoms with van der Waals surface area (Å²) >= 11 is 3.16. The average Bonchev–Trinajstić information content (AvgIpc) is 2.82. The summed E-state index contributed by atoms with van der Waals surface area (Å²) in [7, 11) is 0. The number of anilines is 1. The van der Waals surface area contributed by atoms with E-state index in [0.717, 1.165) is 10.7 Å². The molecular weight excluding hydrogens is 262 g/mol. The number of aromatic nitrogens is 1. The molecule has 2 rings (SSSR count). The fourth-order valence-corrected chi connectivity index (χ4v) is 3.81. The van der Waals surface area contributed by atoms with Gasteiger partial charge >= 0.3 is 0 Å². The van der Waals surface area contributed by atoms with Crippen molar-refractivity contribution in [2.45, 2.75) is 33.7 Å². The lowest BCUT2D eigenvalue weighted by molar-refractivity contribution is 0.885. The summed E-state index contributed by atoms with van der Waals surface area (Å²) in [6.07, 6.45) is 0. The van der Waals surface area contributed by atoms with Gasteiger partial charge in [0.15, 0.2) is 0 Å². The largest absolute Gasteiger partial charge is 0.368 e. The number of hydrogen-bond acceptors (Lipinski definition) is 5. The molecule has 0 saturated carbocycles. The van der Waals surface area contributed by atoms with E-state index < -0.39 is 0 Å². The molecule has 5 heteroatoms. The molecule has 0 radical (unpaired) electrons. The number of nitrogens with one attached hydrogen (secondary N) is 1. The Morgan fingerprint density at radius 3 is 2.67 bits per heavy atom. The molecule has 3 nitrogen and oxygen atoms in total. The topological polar surface area (TPSA) is 48.7 Å². The van der Waals surface area contributed by atoms with Crippen molar-refractivity contribution >= 4 is 27.9 Å². The van der Waals surface area contributed by atoms with Crippen LogP contribution in [0, 0.1) is 32.1 Å². The summed E-state index contributed by atoms with van der Waals surface area (Å²) in [6.45, 7) is 8.23. The maximum atomic E-state index is 9.11. The third-order valence-electron chi connectivity index (χ3n) is 2.87. The molecule has 94 valence electrons. The monoisotopic (exact) mass is 277 g/mol. The molecule has 2 heterocycles. The Kier molecular flexibility index (Phi) is 3.69. The van der Waals surface area contributed by atoms with E-state index in [2.05, 4.69) is 42.6 Å². The highest BCUT2D eigenvalue weighted by molar-refractivity contribution is 7.12. The molecule has 1 N–H and O–H groups in total. The van der Waals surface area contributed by atoms with Crippen molar-refractivity contribution in [3.8, 4) is 6.07 Å². The van der Waals surface area contributed by atoms with Crippen molar-refractivity contribution in [1.82, 2.24) is 4.37 Å². The van der Waals surface area contributed by atoms with E-state index in [1.54, 1.807) is 11.3 Å². The van der Waals surface area contributed by atoms with Crippen LogP contribution in [-0.2, 0) is 0 Å². The van der Waals surface area contributed by atoms with Crippen LogP contribution >= 0.6 is 22.9 Å². The Balaban J connectivity index is 2.24. The lowest BCUT2D eigenvalue weighted by Crippen LogP contribution is -2.06. The van der Waals surface area contributed by atoms with Crippen molar-refractivity contribution in [3.05, 3.63) is 32.6 Å². The standard InChI is InChI=1S/C13H15N3S2/c1-7-5-11(10(4)17-7)8(2)15-13-12(6-14)9(3)16-18-13/h5,8,15H,1-4H3. The zero-order chi connectivity index (χ0) is 13.3. The molecule has 0 spiro atoms. The molecular formula is C13H15N3S2. The van der Waals surface area contributed by atoms with Crippen LogP contribution in [0.2, 0.25) is 0 Å². The highest BCUT2D eigenvalue weighted by Crippen LogP contribution is 2.31. The fraction of sp³-hybridized carbons (Fsp3) is 0.385. The predicted molar refractivity (Wildman–Crippen MR) is 77.4 cm³/mol. The van der Waals surface area contributed by atoms with Crippen LogP contribution in [0.15, 0.2) is 6.07 Å². The van der Waals surface area contributed by atoms with Crippen LogP contribution in [0.3, 0.4) is 0 Å². The smallest absolute Gasteiger partial charge is 0.128 e. The van der Waals surface area contributed by atoms with Crippen molar-refractivity contribution in [2.75, 3.05) is 5.32 Å². The van der Waals surface area contributed by atoms with Gasteiger partial charge in [0, 0.05) is 9.75 Å². The minimum absolute atomic E-state index is 0.196. The van der Waals surface area contributed by atoms with Gasteiger partial charge in [0.2, 0.25) is 0 Å². The molecule has 0 aliphatic rings. The van der Waals surface area contributed by atoms with Crippen LogP contribution in [0.25, 0.3) is 0 Å². The number of hydrogen-bond donors (Lipinski definition) is 1. The van der Waals surface area contributed by atoms with E-state index in [-0.39, 0.29) is 6.04 Å². The van der Waals surface area contributed by atoms with Crippen molar-refractivity contribution < 1.29 is 0 Å². The molecule has 1 unspecified atom stereocenters. The first-order chi connectivity index (χ1) is 8.52. The Morgan fingerprint density at radius 2 is 2.11 bits per heavy atom. The minimum atomic E-state index is 0.196. The number of nitrogens with zero attached hydrogens (tertiary/aromatic N) is 2. The maximum Gasteiger partial charge on any atom is 0.128 e. The predicted octanol–water partition coefficient (Wildman–Crippen LogP) is 4.17. The molecule has 1 atom stereocenters. The van der Waals surface area contributed by atoms with Gasteiger partial charge in [0.25, 0.3) is 0 Å². The fourth-order valence-electron chi connectivity index (χ4n) is 1.95. The molecule has 0 aliphatic carbocycles. The lowest BCUT2D eigenvalue weighted by Gasteiger charge is -2.13. The first kappa shape index (κ1) is 13.1. The second-order valence-corrected chi connectivity index (χ2v) is 6.55. The number of thiophene rings is 1. The van der Waals surface area contributed by atoms with Gasteiger partial charge in [-0.15, -0.1) is 11.3 Å². The Hall–Kier alpha value is -1.38. The summed E-state index contributed by atoms with van der Waals surface area (Å²) in [5.41, 5.74) is 2.76. The summed E-state index contributed by atoms with van der Waals surface area (Å²) in [6, 6.07) is 4.61. The number of rotatable bonds is 3. The molecule has 2 aromatic heterocycles. The maximum absolute atomic E-state index is 9.11. The molecule has 2 aromatic rings. The van der Waals surface area contributed by atoms with E-state index in [9.17, 15) is 0 Å². The quantitative estimate of drug-likeness (QED) is 0.915. The van der Waals surface area contributed by atoms with Gasteiger partial charge in [-0.1, -0.05) is 0 Å². The molecule has 0 saturated heterocycles. The molecule has 0 amide bonds. The minimum Gasteiger partial charge on any atom is -0.368 e. The zero-order valence-electron chi connectivity index (χ0n) is 10.9. The molecule has 0 fully saturated rings. The van der Waals surface area contributed by atoms with E-state index in [0.29, 0.717) is 5.56 Å². The first-order valence-corrected chi connectivity index (χ1v) is 7.31. The van der Waals surface area contributed by atoms with Crippen LogP contribution < -0.4 is 5.32 Å². The van der Waals surface area contributed by atoms with Gasteiger partial charge in [-0.25, -0.2) is 0 Å². The van der Waals surface area contributed by atoms with Crippen LogP contribution in [0.4, 0.5) is 5.00 Å². The lowest BCUT2D eigenvalue weighted by atomic mass is 10.1. The normalized spacial score (nSPS) is 12.2. The third kappa shape index (κ3) is 2.40. The summed E-state index contributed by atoms with van der Waals surface area (Å²) in [5, 5.41) is 13.4. The van der Waals surface area contributed by atoms with Crippen LogP contribution in [0.1, 0.15) is 39.5 Å². The average molecular weight is 277 g/mol. The molecule has 0 aromatic carbocycles. The van der Waals surface area contributed by atoms with Crippen LogP contribution in [0.5, 0.6) is 0 Å². The number of nitriles is 1. The summed E-state index contributed by atoms with van der Waals surface area (Å²) < 4.78 is 4.22. The van der Waals surface area contributed by atoms with Gasteiger partial charge in [0.05, 0.1) is 11.7 Å². The number of aryl methyl sites for hydroxylation is 3. The van der Waals surface area contributed by atoms with Crippen molar-refractivity contribution in [2.24, 2.45) is 0 Å². The van der Waals surface area contributed by atoms with Gasteiger partial charge in [0.1, 0.15) is 16.6 Å². The zero-order valence-corrected chi connectivity index (χ0v) is 12.5. The Morgan fingerprint density at radius 1 is 1.39 bits per heavy atom. The van der Waals surface area contributed by atoms with E-state index in [1.165, 1.54) is 26.9 Å². The second kappa shape index (κ2) is 5.09. The van der Waals surface area contributed by atoms with Crippen molar-refractivity contribution in [3.63, 3.8) is 0 Å². The molecule has 0 bridgehead atoms. The van der Waals surface area contributed by atoms with E-state index >= 15 is 0 Å². The first-order valence-electron chi connectivity index (χ1n) is 5.72. The van der Waals surface area contributed by atoms with E-state index in [4.69, 9.17) is 5.26 Å². The van der Waals surface area contributed by atoms with E-state index in [1.807, 2.05) is 6.92 Å². The highest BCUT2D eigenvalue weighted by Gasteiger charge is 2.15. The van der Waals surface area contributed by atoms with Crippen molar-refractivity contribution in [1.29, 1.82) is 5.26 Å². The molecule has 18 heavy (non-hydrogen) atoms. The van der Waals surface area contributed by atoms with Crippen LogP contribution in [-0.4, -0.2) is 4.37 Å². The highest BCUT2D eigenvalue weighted by atomic mass is 32.1. The van der Waals surface area contributed by atoms with Gasteiger partial charge in [-0.05, 0) is 50.9 Å². The Labute approximate surface area is 115 Å². The van der Waals surface area contributed by atoms with Gasteiger partial charge in [-0.3, -0.25) is 0 Å². The summed E-state index contributed by atoms with van der Waals surface area (Å²) in [4.78, 5) is 2.64. The Bertz CT molecular complexity index is 604.